The molecule has 2 aromatic carbocycles. The zero-order valence-electron chi connectivity index (χ0n) is 19.5. The molecule has 1 atom stereocenters. The second-order valence-electron chi connectivity index (χ2n) is 8.34. The Morgan fingerprint density at radius 3 is 2.61 bits per heavy atom. The van der Waals surface area contributed by atoms with Crippen molar-refractivity contribution in [2.24, 2.45) is 0 Å². The molecule has 190 valence electrons. The molecular formula is C26H27Cl2N3O5. The molecule has 0 bridgehead atoms. The number of ether oxygens (including phenoxy) is 3. The van der Waals surface area contributed by atoms with Crippen molar-refractivity contribution < 1.29 is 24.1 Å². The molecule has 36 heavy (non-hydrogen) atoms. The number of hydrogen-bond donors (Lipinski definition) is 2. The number of benzene rings is 2. The van der Waals surface area contributed by atoms with Crippen LogP contribution < -0.4 is 19.5 Å². The summed E-state index contributed by atoms with van der Waals surface area (Å²) in [7, 11) is 0. The van der Waals surface area contributed by atoms with Gasteiger partial charge in [0.25, 0.3) is 0 Å². The third-order valence-electron chi connectivity index (χ3n) is 5.59. The van der Waals surface area contributed by atoms with Gasteiger partial charge in [0.1, 0.15) is 30.3 Å². The lowest BCUT2D eigenvalue weighted by molar-refractivity contribution is 0.0403. The highest BCUT2D eigenvalue weighted by atomic mass is 35.5. The quantitative estimate of drug-likeness (QED) is 0.387. The predicted molar refractivity (Wildman–Crippen MR) is 138 cm³/mol. The molecule has 1 aromatic heterocycles. The molecule has 4 rings (SSSR count). The van der Waals surface area contributed by atoms with Crippen molar-refractivity contribution in [1.29, 1.82) is 0 Å². The molecule has 1 aliphatic heterocycles. The number of nitrogens with one attached hydrogen (secondary N) is 1. The maximum atomic E-state index is 12.2. The number of hydrogen-bond acceptors (Lipinski definition) is 7. The van der Waals surface area contributed by atoms with Crippen molar-refractivity contribution in [3.63, 3.8) is 0 Å². The van der Waals surface area contributed by atoms with Crippen LogP contribution in [0.1, 0.15) is 12.8 Å². The number of β-amino-alcohol motifs (C(OH)–C–C–N with tert-alkyl or cyclic N) is 1. The van der Waals surface area contributed by atoms with Crippen LogP contribution in [0.4, 0.5) is 10.5 Å². The molecule has 0 aliphatic carbocycles. The summed E-state index contributed by atoms with van der Waals surface area (Å²) in [5, 5.41) is 14.2. The number of aromatic nitrogens is 1. The summed E-state index contributed by atoms with van der Waals surface area (Å²) in [4.78, 5) is 18.3. The van der Waals surface area contributed by atoms with Gasteiger partial charge in [0, 0.05) is 38.0 Å². The Balaban J connectivity index is 1.20. The van der Waals surface area contributed by atoms with Gasteiger partial charge in [-0.2, -0.15) is 0 Å². The summed E-state index contributed by atoms with van der Waals surface area (Å²) < 4.78 is 17.0. The average molecular weight is 532 g/mol. The smallest absolute Gasteiger partial charge is 0.418 e. The normalized spacial score (nSPS) is 15.2. The molecule has 0 radical (unpaired) electrons. The Kier molecular flexibility index (Phi) is 9.24. The van der Waals surface area contributed by atoms with E-state index in [0.717, 1.165) is 25.9 Å². The van der Waals surface area contributed by atoms with E-state index in [4.69, 9.17) is 37.4 Å². The number of carbonyl (C=O) groups is 1. The van der Waals surface area contributed by atoms with E-state index >= 15 is 0 Å². The summed E-state index contributed by atoms with van der Waals surface area (Å²) in [6, 6.07) is 17.3. The molecule has 2 N–H and O–H groups in total. The van der Waals surface area contributed by atoms with Crippen molar-refractivity contribution in [1.82, 2.24) is 9.88 Å². The topological polar surface area (TPSA) is 93.2 Å². The molecule has 2 heterocycles. The van der Waals surface area contributed by atoms with E-state index in [0.29, 0.717) is 33.8 Å². The predicted octanol–water partition coefficient (Wildman–Crippen LogP) is 5.28. The van der Waals surface area contributed by atoms with Gasteiger partial charge in [-0.05, 0) is 43.2 Å². The standard InChI is InChI=1S/C26H27Cl2N3O5/c27-21-9-8-20(15-22(21)28)35-19-10-13-31(14-11-19)16-18(32)17-34-24-6-2-1-5-23(24)30-26(33)36-25-7-3-4-12-29-25/h1-9,12,15,18-19,32H,10-11,13-14,16-17H2,(H,30,33). The fourth-order valence-electron chi connectivity index (χ4n) is 3.82. The highest BCUT2D eigenvalue weighted by molar-refractivity contribution is 6.42. The number of piperidine rings is 1. The van der Waals surface area contributed by atoms with E-state index in [-0.39, 0.29) is 18.6 Å². The van der Waals surface area contributed by atoms with Gasteiger partial charge in [-0.15, -0.1) is 0 Å². The summed E-state index contributed by atoms with van der Waals surface area (Å²) in [5.74, 6) is 1.32. The Labute approximate surface area is 219 Å². The number of amides is 1. The fraction of sp³-hybridized carbons (Fsp3) is 0.308. The molecule has 1 saturated heterocycles. The van der Waals surface area contributed by atoms with Gasteiger partial charge in [0.2, 0.25) is 5.88 Å². The number of para-hydroxylation sites is 2. The number of rotatable bonds is 9. The number of halogens is 2. The number of likely N-dealkylation sites (tertiary alicyclic amines) is 1. The monoisotopic (exact) mass is 531 g/mol. The van der Waals surface area contributed by atoms with Crippen LogP contribution in [0.2, 0.25) is 10.0 Å². The Bertz CT molecular complexity index is 1140. The molecule has 1 aliphatic rings. The van der Waals surface area contributed by atoms with E-state index in [9.17, 15) is 9.90 Å². The zero-order chi connectivity index (χ0) is 25.3. The fourth-order valence-corrected chi connectivity index (χ4v) is 4.11. The Morgan fingerprint density at radius 1 is 1.08 bits per heavy atom. The summed E-state index contributed by atoms with van der Waals surface area (Å²) >= 11 is 12.0. The molecule has 1 fully saturated rings. The van der Waals surface area contributed by atoms with Gasteiger partial charge >= 0.3 is 6.09 Å². The van der Waals surface area contributed by atoms with E-state index in [1.165, 1.54) is 6.20 Å². The number of aliphatic hydroxyl groups is 1. The van der Waals surface area contributed by atoms with Crippen LogP contribution in [0.3, 0.4) is 0 Å². The minimum atomic E-state index is -0.703. The molecule has 10 heteroatoms. The maximum Gasteiger partial charge on any atom is 0.418 e. The second kappa shape index (κ2) is 12.8. The first kappa shape index (κ1) is 26.0. The summed E-state index contributed by atoms with van der Waals surface area (Å²) in [6.07, 6.45) is 1.89. The highest BCUT2D eigenvalue weighted by Gasteiger charge is 2.23. The van der Waals surface area contributed by atoms with Crippen LogP contribution in [0, 0.1) is 0 Å². The van der Waals surface area contributed by atoms with Crippen molar-refractivity contribution in [2.75, 3.05) is 31.6 Å². The first-order chi connectivity index (χ1) is 17.5. The van der Waals surface area contributed by atoms with Gasteiger partial charge in [-0.25, -0.2) is 9.78 Å². The van der Waals surface area contributed by atoms with Crippen LogP contribution in [0.15, 0.2) is 66.9 Å². The van der Waals surface area contributed by atoms with Gasteiger partial charge in [0.05, 0.1) is 15.7 Å². The summed E-state index contributed by atoms with van der Waals surface area (Å²) in [6.45, 7) is 2.13. The van der Waals surface area contributed by atoms with E-state index in [2.05, 4.69) is 15.2 Å². The lowest BCUT2D eigenvalue weighted by Gasteiger charge is -2.33. The first-order valence-electron chi connectivity index (χ1n) is 11.6. The first-order valence-corrected chi connectivity index (χ1v) is 12.4. The van der Waals surface area contributed by atoms with Gasteiger partial charge in [-0.1, -0.05) is 41.4 Å². The third kappa shape index (κ3) is 7.73. The number of aliphatic hydroxyl groups excluding tert-OH is 1. The van der Waals surface area contributed by atoms with E-state index in [1.807, 2.05) is 6.07 Å². The molecule has 8 nitrogen and oxygen atoms in total. The van der Waals surface area contributed by atoms with Crippen LogP contribution >= 0.6 is 23.2 Å². The van der Waals surface area contributed by atoms with Gasteiger partial charge < -0.3 is 24.2 Å². The number of pyridine rings is 1. The Hall–Kier alpha value is -3.04. The lowest BCUT2D eigenvalue weighted by atomic mass is 10.1. The molecule has 1 unspecified atom stereocenters. The molecule has 3 aromatic rings. The lowest BCUT2D eigenvalue weighted by Crippen LogP contribution is -2.43. The second-order valence-corrected chi connectivity index (χ2v) is 9.15. The van der Waals surface area contributed by atoms with Crippen molar-refractivity contribution in [3.05, 3.63) is 76.9 Å². The zero-order valence-corrected chi connectivity index (χ0v) is 21.0. The minimum Gasteiger partial charge on any atom is -0.490 e. The highest BCUT2D eigenvalue weighted by Crippen LogP contribution is 2.28. The van der Waals surface area contributed by atoms with E-state index < -0.39 is 12.2 Å². The van der Waals surface area contributed by atoms with Crippen LogP contribution in [0.5, 0.6) is 17.4 Å². The molecule has 0 saturated carbocycles. The maximum absolute atomic E-state index is 12.2. The van der Waals surface area contributed by atoms with Crippen molar-refractivity contribution in [2.45, 2.75) is 25.0 Å². The minimum absolute atomic E-state index is 0.0771. The summed E-state index contributed by atoms with van der Waals surface area (Å²) in [5.41, 5.74) is 0.436. The largest absolute Gasteiger partial charge is 0.490 e. The number of nitrogens with zero attached hydrogens (tertiary/aromatic N) is 2. The molecule has 1 amide bonds. The number of carbonyl (C=O) groups excluding carboxylic acids is 1. The molecule has 0 spiro atoms. The van der Waals surface area contributed by atoms with Crippen LogP contribution in [-0.4, -0.2) is 59.5 Å². The van der Waals surface area contributed by atoms with Crippen molar-refractivity contribution in [3.8, 4) is 17.4 Å². The third-order valence-corrected chi connectivity index (χ3v) is 6.33. The van der Waals surface area contributed by atoms with Gasteiger partial charge in [0.15, 0.2) is 0 Å². The van der Waals surface area contributed by atoms with Gasteiger partial charge in [-0.3, -0.25) is 5.32 Å². The van der Waals surface area contributed by atoms with Crippen LogP contribution in [0.25, 0.3) is 0 Å². The Morgan fingerprint density at radius 2 is 1.86 bits per heavy atom. The SMILES string of the molecule is O=C(Nc1ccccc1OCC(O)CN1CCC(Oc2ccc(Cl)c(Cl)c2)CC1)Oc1ccccn1. The average Bonchev–Trinajstić information content (AvgIpc) is 2.87. The van der Waals surface area contributed by atoms with E-state index in [1.54, 1.807) is 54.6 Å². The number of anilines is 1. The van der Waals surface area contributed by atoms with Crippen LogP contribution in [-0.2, 0) is 0 Å². The van der Waals surface area contributed by atoms with Crippen molar-refractivity contribution >= 4 is 35.0 Å². The molecular weight excluding hydrogens is 505 g/mol.